The van der Waals surface area contributed by atoms with Crippen LogP contribution in [0.5, 0.6) is 0 Å². The summed E-state index contributed by atoms with van der Waals surface area (Å²) in [5.41, 5.74) is 2.98. The molecule has 19 heavy (non-hydrogen) atoms. The Hall–Kier alpha value is -0.860. The van der Waals surface area contributed by atoms with Crippen LogP contribution in [0, 0.1) is 0 Å². The first-order valence-electron chi connectivity index (χ1n) is 7.69. The van der Waals surface area contributed by atoms with Crippen molar-refractivity contribution in [3.63, 3.8) is 0 Å². The van der Waals surface area contributed by atoms with Crippen molar-refractivity contribution in [2.24, 2.45) is 0 Å². The van der Waals surface area contributed by atoms with Gasteiger partial charge in [-0.1, -0.05) is 52.0 Å². The fourth-order valence-corrected chi connectivity index (χ4v) is 2.36. The molecule has 0 saturated heterocycles. The average Bonchev–Trinajstić information content (AvgIpc) is 2.39. The fraction of sp³-hybridized carbons (Fsp3) is 0.647. The number of nitrogens with one attached hydrogen (secondary N) is 1. The maximum Gasteiger partial charge on any atom is 0.0236 e. The lowest BCUT2D eigenvalue weighted by Gasteiger charge is -2.21. The standard InChI is InChI=1S/C17H30N2/c1-5-13-19(6-2)14-17-10-8-7-9-16(17)11-12-18-15(3)4/h7-10,15,18H,5-6,11-14H2,1-4H3. The van der Waals surface area contributed by atoms with Gasteiger partial charge in [-0.05, 0) is 43.6 Å². The Bertz CT molecular complexity index is 347. The molecule has 0 fully saturated rings. The normalized spacial score (nSPS) is 11.5. The molecule has 0 aromatic heterocycles. The lowest BCUT2D eigenvalue weighted by atomic mass is 10.0. The summed E-state index contributed by atoms with van der Waals surface area (Å²) in [4.78, 5) is 2.52. The topological polar surface area (TPSA) is 15.3 Å². The maximum atomic E-state index is 3.50. The highest BCUT2D eigenvalue weighted by Crippen LogP contribution is 2.12. The Balaban J connectivity index is 2.61. The second-order valence-electron chi connectivity index (χ2n) is 5.50. The quantitative estimate of drug-likeness (QED) is 0.733. The van der Waals surface area contributed by atoms with Crippen LogP contribution in [-0.4, -0.2) is 30.6 Å². The zero-order valence-electron chi connectivity index (χ0n) is 13.1. The number of nitrogens with zero attached hydrogens (tertiary/aromatic N) is 1. The van der Waals surface area contributed by atoms with E-state index in [1.807, 2.05) is 0 Å². The zero-order valence-corrected chi connectivity index (χ0v) is 13.1. The van der Waals surface area contributed by atoms with Gasteiger partial charge >= 0.3 is 0 Å². The van der Waals surface area contributed by atoms with E-state index < -0.39 is 0 Å². The Morgan fingerprint density at radius 2 is 1.79 bits per heavy atom. The van der Waals surface area contributed by atoms with E-state index in [0.717, 1.165) is 26.1 Å². The van der Waals surface area contributed by atoms with E-state index in [4.69, 9.17) is 0 Å². The third kappa shape index (κ3) is 6.22. The van der Waals surface area contributed by atoms with Crippen LogP contribution < -0.4 is 5.32 Å². The SMILES string of the molecule is CCCN(CC)Cc1ccccc1CCNC(C)C. The van der Waals surface area contributed by atoms with Gasteiger partial charge in [0.05, 0.1) is 0 Å². The molecular formula is C17H30N2. The van der Waals surface area contributed by atoms with Gasteiger partial charge < -0.3 is 5.32 Å². The summed E-state index contributed by atoms with van der Waals surface area (Å²) in [7, 11) is 0. The van der Waals surface area contributed by atoms with Gasteiger partial charge in [-0.25, -0.2) is 0 Å². The molecule has 0 unspecified atom stereocenters. The van der Waals surface area contributed by atoms with Crippen molar-refractivity contribution in [2.45, 2.75) is 53.1 Å². The number of hydrogen-bond acceptors (Lipinski definition) is 2. The molecule has 0 aliphatic carbocycles. The molecule has 0 aliphatic rings. The molecule has 0 spiro atoms. The van der Waals surface area contributed by atoms with Crippen molar-refractivity contribution in [3.8, 4) is 0 Å². The first-order chi connectivity index (χ1) is 9.17. The molecule has 0 bridgehead atoms. The summed E-state index contributed by atoms with van der Waals surface area (Å²) >= 11 is 0. The molecule has 1 aromatic carbocycles. The first kappa shape index (κ1) is 16.2. The summed E-state index contributed by atoms with van der Waals surface area (Å²) in [6.45, 7) is 13.4. The van der Waals surface area contributed by atoms with Crippen molar-refractivity contribution in [1.29, 1.82) is 0 Å². The fourth-order valence-electron chi connectivity index (χ4n) is 2.36. The van der Waals surface area contributed by atoms with E-state index in [2.05, 4.69) is 62.2 Å². The van der Waals surface area contributed by atoms with Crippen LogP contribution in [0.4, 0.5) is 0 Å². The highest BCUT2D eigenvalue weighted by atomic mass is 15.1. The van der Waals surface area contributed by atoms with E-state index in [1.54, 1.807) is 0 Å². The number of hydrogen-bond donors (Lipinski definition) is 1. The van der Waals surface area contributed by atoms with Crippen molar-refractivity contribution in [1.82, 2.24) is 10.2 Å². The third-order valence-corrected chi connectivity index (χ3v) is 3.45. The van der Waals surface area contributed by atoms with Crippen LogP contribution in [-0.2, 0) is 13.0 Å². The van der Waals surface area contributed by atoms with Crippen LogP contribution in [0.3, 0.4) is 0 Å². The molecule has 0 heterocycles. The van der Waals surface area contributed by atoms with Crippen LogP contribution >= 0.6 is 0 Å². The van der Waals surface area contributed by atoms with Crippen molar-refractivity contribution in [2.75, 3.05) is 19.6 Å². The van der Waals surface area contributed by atoms with Crippen LogP contribution in [0.15, 0.2) is 24.3 Å². The molecule has 1 aromatic rings. The van der Waals surface area contributed by atoms with Gasteiger partial charge in [-0.3, -0.25) is 4.90 Å². The van der Waals surface area contributed by atoms with E-state index >= 15 is 0 Å². The second-order valence-corrected chi connectivity index (χ2v) is 5.50. The van der Waals surface area contributed by atoms with E-state index in [-0.39, 0.29) is 0 Å². The maximum absolute atomic E-state index is 3.50. The zero-order chi connectivity index (χ0) is 14.1. The Morgan fingerprint density at radius 1 is 1.11 bits per heavy atom. The minimum atomic E-state index is 0.569. The van der Waals surface area contributed by atoms with Crippen molar-refractivity contribution in [3.05, 3.63) is 35.4 Å². The minimum Gasteiger partial charge on any atom is -0.314 e. The Labute approximate surface area is 119 Å². The van der Waals surface area contributed by atoms with Crippen LogP contribution in [0.1, 0.15) is 45.2 Å². The molecule has 2 heteroatoms. The van der Waals surface area contributed by atoms with Gasteiger partial charge in [0.1, 0.15) is 0 Å². The molecule has 0 aliphatic heterocycles. The van der Waals surface area contributed by atoms with Gasteiger partial charge in [0, 0.05) is 12.6 Å². The van der Waals surface area contributed by atoms with E-state index in [0.29, 0.717) is 6.04 Å². The lowest BCUT2D eigenvalue weighted by molar-refractivity contribution is 0.280. The largest absolute Gasteiger partial charge is 0.314 e. The first-order valence-corrected chi connectivity index (χ1v) is 7.69. The van der Waals surface area contributed by atoms with Gasteiger partial charge in [0.2, 0.25) is 0 Å². The minimum absolute atomic E-state index is 0.569. The smallest absolute Gasteiger partial charge is 0.0236 e. The molecule has 1 N–H and O–H groups in total. The monoisotopic (exact) mass is 262 g/mol. The predicted molar refractivity (Wildman–Crippen MR) is 84.5 cm³/mol. The number of benzene rings is 1. The van der Waals surface area contributed by atoms with Crippen molar-refractivity contribution < 1.29 is 0 Å². The van der Waals surface area contributed by atoms with Crippen LogP contribution in [0.2, 0.25) is 0 Å². The van der Waals surface area contributed by atoms with Crippen molar-refractivity contribution >= 4 is 0 Å². The highest BCUT2D eigenvalue weighted by molar-refractivity contribution is 5.27. The van der Waals surface area contributed by atoms with Gasteiger partial charge in [0.25, 0.3) is 0 Å². The Kier molecular flexibility index (Phi) is 7.76. The highest BCUT2D eigenvalue weighted by Gasteiger charge is 2.06. The summed E-state index contributed by atoms with van der Waals surface area (Å²) in [6, 6.07) is 9.44. The summed E-state index contributed by atoms with van der Waals surface area (Å²) < 4.78 is 0. The average molecular weight is 262 g/mol. The van der Waals surface area contributed by atoms with E-state index in [9.17, 15) is 0 Å². The van der Waals surface area contributed by atoms with Gasteiger partial charge in [-0.2, -0.15) is 0 Å². The lowest BCUT2D eigenvalue weighted by Crippen LogP contribution is -2.26. The summed E-state index contributed by atoms with van der Waals surface area (Å²) in [5, 5.41) is 3.50. The second kappa shape index (κ2) is 9.11. The molecule has 0 radical (unpaired) electrons. The molecule has 2 nitrogen and oxygen atoms in total. The third-order valence-electron chi connectivity index (χ3n) is 3.45. The molecular weight excluding hydrogens is 232 g/mol. The molecule has 0 amide bonds. The summed E-state index contributed by atoms with van der Waals surface area (Å²) in [6.07, 6.45) is 2.35. The molecule has 0 atom stereocenters. The Morgan fingerprint density at radius 3 is 2.37 bits per heavy atom. The molecule has 108 valence electrons. The molecule has 1 rings (SSSR count). The predicted octanol–water partition coefficient (Wildman–Crippen LogP) is 3.46. The van der Waals surface area contributed by atoms with Gasteiger partial charge in [0.15, 0.2) is 0 Å². The van der Waals surface area contributed by atoms with E-state index in [1.165, 1.54) is 24.1 Å². The summed E-state index contributed by atoms with van der Waals surface area (Å²) in [5.74, 6) is 0. The molecule has 0 saturated carbocycles. The van der Waals surface area contributed by atoms with Gasteiger partial charge in [-0.15, -0.1) is 0 Å². The number of rotatable bonds is 9. The van der Waals surface area contributed by atoms with Crippen LogP contribution in [0.25, 0.3) is 0 Å².